The second kappa shape index (κ2) is 4.31. The second-order valence-corrected chi connectivity index (χ2v) is 4.22. The number of allylic oxidation sites excluding steroid dienone is 1. The van der Waals surface area contributed by atoms with E-state index in [1.165, 1.54) is 0 Å². The fraction of sp³-hybridized carbons (Fsp3) is 0.231. The Balaban J connectivity index is 2.44. The van der Waals surface area contributed by atoms with E-state index in [9.17, 15) is 4.79 Å². The lowest BCUT2D eigenvalue weighted by Crippen LogP contribution is -2.36. The number of H-pyrrole nitrogens is 1. The summed E-state index contributed by atoms with van der Waals surface area (Å²) < 4.78 is 11.0. The maximum atomic E-state index is 11.6. The van der Waals surface area contributed by atoms with Gasteiger partial charge in [0.1, 0.15) is 18.1 Å². The van der Waals surface area contributed by atoms with Gasteiger partial charge in [0.25, 0.3) is 5.56 Å². The van der Waals surface area contributed by atoms with Gasteiger partial charge in [-0.25, -0.2) is 0 Å². The molecular formula is C13H13N3O3. The average Bonchev–Trinajstić information content (AvgIpc) is 2.59. The number of aromatic amines is 1. The van der Waals surface area contributed by atoms with Gasteiger partial charge in [0.15, 0.2) is 5.76 Å². The molecule has 6 nitrogen and oxygen atoms in total. The normalized spacial score (nSPS) is 17.0. The van der Waals surface area contributed by atoms with Crippen LogP contribution in [0, 0.1) is 0 Å². The zero-order chi connectivity index (χ0) is 13.4. The zero-order valence-corrected chi connectivity index (χ0v) is 10.4. The van der Waals surface area contributed by atoms with Crippen LogP contribution in [0.5, 0.6) is 0 Å². The lowest BCUT2D eigenvalue weighted by atomic mass is 10.1. The Labute approximate surface area is 108 Å². The largest absolute Gasteiger partial charge is 0.497 e. The highest BCUT2D eigenvalue weighted by atomic mass is 16.5. The number of pyridine rings is 1. The van der Waals surface area contributed by atoms with Crippen LogP contribution in [0.15, 0.2) is 27.4 Å². The van der Waals surface area contributed by atoms with Crippen molar-refractivity contribution in [1.29, 1.82) is 0 Å². The number of fused-ring (bicyclic) bond motifs is 2. The first kappa shape index (κ1) is 11.6. The van der Waals surface area contributed by atoms with Crippen molar-refractivity contribution in [1.82, 2.24) is 4.98 Å². The number of ether oxygens (including phenoxy) is 2. The summed E-state index contributed by atoms with van der Waals surface area (Å²) in [6, 6.07) is 1.62. The number of rotatable bonds is 1. The van der Waals surface area contributed by atoms with Gasteiger partial charge < -0.3 is 20.2 Å². The van der Waals surface area contributed by atoms with Crippen molar-refractivity contribution >= 4 is 23.7 Å². The predicted molar refractivity (Wildman–Crippen MR) is 71.7 cm³/mol. The summed E-state index contributed by atoms with van der Waals surface area (Å²) in [5.74, 6) is 1.32. The van der Waals surface area contributed by atoms with E-state index in [0.29, 0.717) is 29.8 Å². The number of nitrogens with two attached hydrogens (primary N) is 1. The molecule has 0 spiro atoms. The molecule has 2 aliphatic rings. The number of nitrogens with one attached hydrogen (secondary N) is 1. The van der Waals surface area contributed by atoms with E-state index in [1.54, 1.807) is 25.5 Å². The number of hydrogen-bond donors (Lipinski definition) is 2. The number of hydrogen-bond acceptors (Lipinski definition) is 5. The Kier molecular flexibility index (Phi) is 2.63. The first-order chi connectivity index (χ1) is 9.20. The van der Waals surface area contributed by atoms with E-state index in [1.807, 2.05) is 0 Å². The lowest BCUT2D eigenvalue weighted by Gasteiger charge is -2.16. The van der Waals surface area contributed by atoms with Gasteiger partial charge in [-0.1, -0.05) is 0 Å². The molecule has 2 aliphatic heterocycles. The van der Waals surface area contributed by atoms with Crippen LogP contribution in [-0.2, 0) is 9.47 Å². The summed E-state index contributed by atoms with van der Waals surface area (Å²) in [5.41, 5.74) is 6.15. The van der Waals surface area contributed by atoms with Crippen LogP contribution >= 0.6 is 0 Å². The van der Waals surface area contributed by atoms with Gasteiger partial charge in [-0.3, -0.25) is 9.79 Å². The molecule has 98 valence electrons. The minimum absolute atomic E-state index is 0.153. The number of nitrogen functional groups attached to an aromatic ring is 1. The van der Waals surface area contributed by atoms with Crippen molar-refractivity contribution < 1.29 is 9.47 Å². The van der Waals surface area contributed by atoms with E-state index in [4.69, 9.17) is 15.2 Å². The fourth-order valence-corrected chi connectivity index (χ4v) is 2.15. The molecule has 0 saturated carbocycles. The quantitative estimate of drug-likeness (QED) is 0.691. The van der Waals surface area contributed by atoms with Crippen LogP contribution in [0.2, 0.25) is 0 Å². The Hall–Kier alpha value is -2.50. The molecule has 0 unspecified atom stereocenters. The first-order valence-electron chi connectivity index (χ1n) is 5.87. The third-order valence-electron chi connectivity index (χ3n) is 3.08. The van der Waals surface area contributed by atoms with Crippen molar-refractivity contribution in [3.8, 4) is 0 Å². The molecule has 0 aromatic carbocycles. The Morgan fingerprint density at radius 3 is 3.16 bits per heavy atom. The molecule has 0 bridgehead atoms. The highest BCUT2D eigenvalue weighted by Gasteiger charge is 2.20. The van der Waals surface area contributed by atoms with Crippen LogP contribution in [-0.4, -0.2) is 24.9 Å². The maximum absolute atomic E-state index is 11.6. The highest BCUT2D eigenvalue weighted by Crippen LogP contribution is 2.24. The third-order valence-corrected chi connectivity index (χ3v) is 3.08. The molecule has 3 rings (SSSR count). The Bertz CT molecular complexity index is 771. The average molecular weight is 259 g/mol. The van der Waals surface area contributed by atoms with Crippen LogP contribution in [0.25, 0.3) is 11.8 Å². The summed E-state index contributed by atoms with van der Waals surface area (Å²) in [4.78, 5) is 18.6. The van der Waals surface area contributed by atoms with E-state index < -0.39 is 0 Å². The van der Waals surface area contributed by atoms with Gasteiger partial charge in [0.2, 0.25) is 0 Å². The number of aromatic nitrogens is 1. The minimum atomic E-state index is -0.310. The first-order valence-corrected chi connectivity index (χ1v) is 5.87. The minimum Gasteiger partial charge on any atom is -0.497 e. The molecule has 0 saturated heterocycles. The zero-order valence-electron chi connectivity index (χ0n) is 10.4. The topological polar surface area (TPSA) is 89.7 Å². The van der Waals surface area contributed by atoms with Crippen LogP contribution < -0.4 is 21.9 Å². The lowest BCUT2D eigenvalue weighted by molar-refractivity contribution is 0.214. The number of aliphatic imine (C=N–C) groups is 1. The molecule has 6 heteroatoms. The summed E-state index contributed by atoms with van der Waals surface area (Å²) in [6.07, 6.45) is 4.12. The fourth-order valence-electron chi connectivity index (χ4n) is 2.15. The van der Waals surface area contributed by atoms with Gasteiger partial charge in [-0.2, -0.15) is 0 Å². The standard InChI is InChI=1S/C13H13N3O3/c1-18-10-2-4-15-11-7-6-8(14)13(17)16-9(7)3-5-19-12(10)11/h3-4,6H,2,5,14H2,1H3,(H,16,17). The van der Waals surface area contributed by atoms with Gasteiger partial charge in [-0.05, 0) is 12.1 Å². The van der Waals surface area contributed by atoms with Crippen molar-refractivity contribution in [3.63, 3.8) is 0 Å². The number of nitrogens with zero attached hydrogens (tertiary/aromatic N) is 1. The SMILES string of the molecule is COC1=C2OCC=c3[nH]c(=O)c(N)cc3=C2N=CC1. The third kappa shape index (κ3) is 1.81. The summed E-state index contributed by atoms with van der Waals surface area (Å²) in [7, 11) is 1.60. The molecule has 3 N–H and O–H groups in total. The van der Waals surface area contributed by atoms with E-state index in [0.717, 1.165) is 11.0 Å². The van der Waals surface area contributed by atoms with Crippen molar-refractivity contribution in [2.24, 2.45) is 4.99 Å². The van der Waals surface area contributed by atoms with Gasteiger partial charge in [0.05, 0.1) is 18.1 Å². The summed E-state index contributed by atoms with van der Waals surface area (Å²) in [5, 5.41) is 1.41. The van der Waals surface area contributed by atoms with Gasteiger partial charge in [-0.15, -0.1) is 0 Å². The van der Waals surface area contributed by atoms with E-state index in [-0.39, 0.29) is 11.2 Å². The molecule has 0 atom stereocenters. The second-order valence-electron chi connectivity index (χ2n) is 4.22. The maximum Gasteiger partial charge on any atom is 0.271 e. The van der Waals surface area contributed by atoms with Gasteiger partial charge in [0, 0.05) is 17.9 Å². The van der Waals surface area contributed by atoms with Crippen molar-refractivity contribution in [2.75, 3.05) is 19.5 Å². The van der Waals surface area contributed by atoms with Crippen LogP contribution in [0.1, 0.15) is 6.42 Å². The van der Waals surface area contributed by atoms with Crippen LogP contribution in [0.3, 0.4) is 0 Å². The molecule has 1 aromatic rings. The number of methoxy groups -OCH3 is 1. The predicted octanol–water partition coefficient (Wildman–Crippen LogP) is -0.791. The monoisotopic (exact) mass is 259 g/mol. The molecule has 19 heavy (non-hydrogen) atoms. The molecular weight excluding hydrogens is 246 g/mol. The van der Waals surface area contributed by atoms with E-state index in [2.05, 4.69) is 9.98 Å². The summed E-state index contributed by atoms with van der Waals surface area (Å²) >= 11 is 0. The van der Waals surface area contributed by atoms with Gasteiger partial charge >= 0.3 is 0 Å². The number of dihydropyridines is 1. The van der Waals surface area contributed by atoms with Crippen molar-refractivity contribution in [2.45, 2.75) is 6.42 Å². The molecule has 0 aliphatic carbocycles. The van der Waals surface area contributed by atoms with Crippen molar-refractivity contribution in [3.05, 3.63) is 38.5 Å². The Morgan fingerprint density at radius 2 is 2.37 bits per heavy atom. The van der Waals surface area contributed by atoms with Crippen LogP contribution in [0.4, 0.5) is 5.69 Å². The smallest absolute Gasteiger partial charge is 0.271 e. The molecule has 3 heterocycles. The molecule has 0 radical (unpaired) electrons. The summed E-state index contributed by atoms with van der Waals surface area (Å²) in [6.45, 7) is 0.341. The van der Waals surface area contributed by atoms with E-state index >= 15 is 0 Å². The molecule has 0 amide bonds. The number of anilines is 1. The molecule has 0 fully saturated rings. The highest BCUT2D eigenvalue weighted by molar-refractivity contribution is 5.78. The Morgan fingerprint density at radius 1 is 1.53 bits per heavy atom. The molecule has 1 aromatic heterocycles.